The third-order valence-corrected chi connectivity index (χ3v) is 3.49. The molecule has 0 radical (unpaired) electrons. The van der Waals surface area contributed by atoms with Crippen LogP contribution >= 0.6 is 15.9 Å². The summed E-state index contributed by atoms with van der Waals surface area (Å²) in [7, 11) is 0. The fourth-order valence-corrected chi connectivity index (χ4v) is 2.04. The molecule has 1 saturated heterocycles. The van der Waals surface area contributed by atoms with Gasteiger partial charge >= 0.3 is 5.97 Å². The SMILES string of the molecule is CC(C)(Br)C(=O)OC(C)(C)C1CCNCC1. The van der Waals surface area contributed by atoms with Gasteiger partial charge in [0, 0.05) is 5.92 Å². The second-order valence-corrected chi connectivity index (χ2v) is 7.47. The van der Waals surface area contributed by atoms with E-state index in [9.17, 15) is 4.79 Å². The third-order valence-electron chi connectivity index (χ3n) is 3.16. The highest BCUT2D eigenvalue weighted by Gasteiger charge is 2.37. The van der Waals surface area contributed by atoms with E-state index in [2.05, 4.69) is 21.2 Å². The maximum atomic E-state index is 11.8. The van der Waals surface area contributed by atoms with Gasteiger partial charge in [-0.2, -0.15) is 0 Å². The molecule has 1 rings (SSSR count). The molecule has 0 aromatic heterocycles. The molecule has 1 aliphatic rings. The predicted octanol–water partition coefficient (Wildman–Crippen LogP) is 2.48. The molecule has 1 N–H and O–H groups in total. The van der Waals surface area contributed by atoms with E-state index in [1.165, 1.54) is 0 Å². The summed E-state index contributed by atoms with van der Waals surface area (Å²) in [5, 5.41) is 3.32. The van der Waals surface area contributed by atoms with Crippen molar-refractivity contribution in [3.63, 3.8) is 0 Å². The smallest absolute Gasteiger partial charge is 0.322 e. The highest BCUT2D eigenvalue weighted by molar-refractivity contribution is 9.10. The van der Waals surface area contributed by atoms with Crippen LogP contribution < -0.4 is 5.32 Å². The van der Waals surface area contributed by atoms with E-state index in [0.29, 0.717) is 5.92 Å². The molecular weight excluding hydrogens is 270 g/mol. The number of ether oxygens (including phenoxy) is 1. The van der Waals surface area contributed by atoms with Gasteiger partial charge in [0.05, 0.1) is 0 Å². The number of piperidine rings is 1. The van der Waals surface area contributed by atoms with Crippen LogP contribution in [0.25, 0.3) is 0 Å². The first-order valence-corrected chi connectivity index (χ1v) is 6.66. The van der Waals surface area contributed by atoms with Crippen molar-refractivity contribution in [1.29, 1.82) is 0 Å². The number of rotatable bonds is 3. The zero-order valence-corrected chi connectivity index (χ0v) is 12.2. The van der Waals surface area contributed by atoms with Crippen molar-refractivity contribution >= 4 is 21.9 Å². The molecule has 0 spiro atoms. The summed E-state index contributed by atoms with van der Waals surface area (Å²) in [6.45, 7) is 9.69. The Morgan fingerprint density at radius 1 is 1.25 bits per heavy atom. The Balaban J connectivity index is 2.59. The molecule has 0 aliphatic carbocycles. The molecule has 94 valence electrons. The number of alkyl halides is 1. The van der Waals surface area contributed by atoms with Crippen LogP contribution in [0.4, 0.5) is 0 Å². The lowest BCUT2D eigenvalue weighted by molar-refractivity contribution is -0.164. The molecule has 3 nitrogen and oxygen atoms in total. The second-order valence-electron chi connectivity index (χ2n) is 5.49. The maximum absolute atomic E-state index is 11.8. The Labute approximate surface area is 106 Å². The number of esters is 1. The van der Waals surface area contributed by atoms with Gasteiger partial charge in [-0.15, -0.1) is 0 Å². The van der Waals surface area contributed by atoms with Gasteiger partial charge in [0.2, 0.25) is 0 Å². The zero-order valence-electron chi connectivity index (χ0n) is 10.6. The lowest BCUT2D eigenvalue weighted by Crippen LogP contribution is -2.45. The lowest BCUT2D eigenvalue weighted by atomic mass is 9.83. The largest absolute Gasteiger partial charge is 0.458 e. The first-order valence-electron chi connectivity index (χ1n) is 5.86. The van der Waals surface area contributed by atoms with E-state index in [0.717, 1.165) is 25.9 Å². The Bertz CT molecular complexity index is 252. The van der Waals surface area contributed by atoms with Crippen molar-refractivity contribution < 1.29 is 9.53 Å². The van der Waals surface area contributed by atoms with Gasteiger partial charge in [0.15, 0.2) is 0 Å². The van der Waals surface area contributed by atoms with E-state index in [4.69, 9.17) is 4.74 Å². The Kier molecular flexibility index (Phi) is 4.41. The van der Waals surface area contributed by atoms with Crippen molar-refractivity contribution in [3.05, 3.63) is 0 Å². The molecule has 0 aromatic rings. The number of hydrogen-bond acceptors (Lipinski definition) is 3. The van der Waals surface area contributed by atoms with Crippen LogP contribution in [-0.4, -0.2) is 29.0 Å². The van der Waals surface area contributed by atoms with Crippen LogP contribution in [0.3, 0.4) is 0 Å². The van der Waals surface area contributed by atoms with Gasteiger partial charge in [-0.05, 0) is 53.6 Å². The van der Waals surface area contributed by atoms with E-state index in [1.54, 1.807) is 0 Å². The average molecular weight is 292 g/mol. The molecular formula is C12H22BrNO2. The van der Waals surface area contributed by atoms with Crippen LogP contribution in [0.5, 0.6) is 0 Å². The highest BCUT2D eigenvalue weighted by Crippen LogP contribution is 2.31. The van der Waals surface area contributed by atoms with E-state index >= 15 is 0 Å². The topological polar surface area (TPSA) is 38.3 Å². The summed E-state index contributed by atoms with van der Waals surface area (Å²) in [5.41, 5.74) is -0.371. The van der Waals surface area contributed by atoms with Crippen LogP contribution in [0.1, 0.15) is 40.5 Å². The predicted molar refractivity (Wildman–Crippen MR) is 68.8 cm³/mol. The number of nitrogens with one attached hydrogen (secondary N) is 1. The lowest BCUT2D eigenvalue weighted by Gasteiger charge is -2.38. The summed E-state index contributed by atoms with van der Waals surface area (Å²) < 4.78 is 5.03. The van der Waals surface area contributed by atoms with Crippen LogP contribution in [-0.2, 0) is 9.53 Å². The summed E-state index contributed by atoms with van der Waals surface area (Å²) in [6, 6.07) is 0. The molecule has 0 amide bonds. The quantitative estimate of drug-likeness (QED) is 0.641. The monoisotopic (exact) mass is 291 g/mol. The first-order chi connectivity index (χ1) is 7.23. The molecule has 1 fully saturated rings. The minimum absolute atomic E-state index is 0.184. The summed E-state index contributed by atoms with van der Waals surface area (Å²) >= 11 is 3.33. The van der Waals surface area contributed by atoms with Gasteiger partial charge < -0.3 is 10.1 Å². The molecule has 16 heavy (non-hydrogen) atoms. The van der Waals surface area contributed by atoms with Crippen LogP contribution in [0.2, 0.25) is 0 Å². The number of carbonyl (C=O) groups excluding carboxylic acids is 1. The number of carbonyl (C=O) groups is 1. The molecule has 0 aromatic carbocycles. The van der Waals surface area contributed by atoms with Crippen molar-refractivity contribution in [2.75, 3.05) is 13.1 Å². The molecule has 0 saturated carbocycles. The Morgan fingerprint density at radius 2 is 1.75 bits per heavy atom. The highest BCUT2D eigenvalue weighted by atomic mass is 79.9. The molecule has 1 aliphatic heterocycles. The van der Waals surface area contributed by atoms with Gasteiger partial charge in [-0.25, -0.2) is 0 Å². The van der Waals surface area contributed by atoms with Crippen LogP contribution in [0.15, 0.2) is 0 Å². The van der Waals surface area contributed by atoms with Crippen LogP contribution in [0, 0.1) is 5.92 Å². The fraction of sp³-hybridized carbons (Fsp3) is 0.917. The van der Waals surface area contributed by atoms with E-state index < -0.39 is 4.32 Å². The fourth-order valence-electron chi connectivity index (χ4n) is 1.96. The van der Waals surface area contributed by atoms with Crippen molar-refractivity contribution in [2.24, 2.45) is 5.92 Å². The summed E-state index contributed by atoms with van der Waals surface area (Å²) in [6.07, 6.45) is 2.14. The first kappa shape index (κ1) is 14.0. The van der Waals surface area contributed by atoms with Crippen molar-refractivity contribution in [3.8, 4) is 0 Å². The second kappa shape index (κ2) is 5.05. The zero-order chi connectivity index (χ0) is 12.4. The third kappa shape index (κ3) is 3.74. The van der Waals surface area contributed by atoms with E-state index in [1.807, 2.05) is 27.7 Å². The van der Waals surface area contributed by atoms with Crippen molar-refractivity contribution in [1.82, 2.24) is 5.32 Å². The summed E-state index contributed by atoms with van der Waals surface area (Å²) in [5.74, 6) is 0.267. The minimum Gasteiger partial charge on any atom is -0.458 e. The molecule has 0 bridgehead atoms. The van der Waals surface area contributed by atoms with Gasteiger partial charge in [0.1, 0.15) is 9.93 Å². The minimum atomic E-state index is -0.600. The molecule has 0 unspecified atom stereocenters. The number of hydrogen-bond donors (Lipinski definition) is 1. The van der Waals surface area contributed by atoms with Gasteiger partial charge in [0.25, 0.3) is 0 Å². The molecule has 4 heteroatoms. The normalized spacial score (nSPS) is 19.6. The van der Waals surface area contributed by atoms with Gasteiger partial charge in [-0.3, -0.25) is 4.79 Å². The van der Waals surface area contributed by atoms with Crippen molar-refractivity contribution in [2.45, 2.75) is 50.5 Å². The van der Waals surface area contributed by atoms with E-state index in [-0.39, 0.29) is 11.6 Å². The number of halogens is 1. The van der Waals surface area contributed by atoms with Gasteiger partial charge in [-0.1, -0.05) is 15.9 Å². The maximum Gasteiger partial charge on any atom is 0.322 e. The Hall–Kier alpha value is -0.0900. The Morgan fingerprint density at radius 3 is 2.19 bits per heavy atom. The molecule has 1 heterocycles. The average Bonchev–Trinajstić information content (AvgIpc) is 2.17. The summed E-state index contributed by atoms with van der Waals surface area (Å²) in [4.78, 5) is 11.8. The standard InChI is InChI=1S/C12H22BrNO2/c1-11(2,13)10(15)16-12(3,4)9-5-7-14-8-6-9/h9,14H,5-8H2,1-4H3. The molecule has 0 atom stereocenters.